The lowest BCUT2D eigenvalue weighted by molar-refractivity contribution is -0.140. The number of unbranched alkanes of at least 4 members (excludes halogenated alkanes) is 1. The number of methoxy groups -OCH3 is 1. The molecule has 42 heavy (non-hydrogen) atoms. The van der Waals surface area contributed by atoms with Gasteiger partial charge in [0.1, 0.15) is 18.3 Å². The van der Waals surface area contributed by atoms with Gasteiger partial charge in [0.2, 0.25) is 11.8 Å². The fourth-order valence-corrected chi connectivity index (χ4v) is 6.31. The Kier molecular flexibility index (Phi) is 11.8. The number of nitrogens with zero attached hydrogens (tertiary/aromatic N) is 2. The Morgan fingerprint density at radius 2 is 1.64 bits per heavy atom. The molecule has 1 N–H and O–H groups in total. The molecule has 0 heterocycles. The molecule has 3 aromatic carbocycles. The van der Waals surface area contributed by atoms with Gasteiger partial charge in [-0.2, -0.15) is 0 Å². The van der Waals surface area contributed by atoms with Gasteiger partial charge in [-0.1, -0.05) is 61.7 Å². The maximum Gasteiger partial charge on any atom is 0.264 e. The number of halogens is 1. The third kappa shape index (κ3) is 8.26. The summed E-state index contributed by atoms with van der Waals surface area (Å²) in [6.45, 7) is 7.58. The number of hydrogen-bond donors (Lipinski definition) is 1. The van der Waals surface area contributed by atoms with E-state index in [1.807, 2.05) is 32.9 Å². The zero-order chi connectivity index (χ0) is 30.9. The Labute approximate surface area is 254 Å². The maximum absolute atomic E-state index is 14.2. The predicted octanol–water partition coefficient (Wildman–Crippen LogP) is 5.88. The normalized spacial score (nSPS) is 12.0. The molecule has 0 aliphatic carbocycles. The minimum Gasteiger partial charge on any atom is -0.497 e. The molecule has 0 saturated carbocycles. The van der Waals surface area contributed by atoms with E-state index in [0.29, 0.717) is 35.0 Å². The molecule has 0 aromatic heterocycles. The van der Waals surface area contributed by atoms with Crippen LogP contribution in [0.3, 0.4) is 0 Å². The summed E-state index contributed by atoms with van der Waals surface area (Å²) in [6, 6.07) is 17.7. The van der Waals surface area contributed by atoms with Crippen molar-refractivity contribution in [3.8, 4) is 5.75 Å². The summed E-state index contributed by atoms with van der Waals surface area (Å²) in [5, 5.41) is 3.39. The molecule has 226 valence electrons. The third-order valence-electron chi connectivity index (χ3n) is 7.04. The molecule has 0 aliphatic rings. The molecule has 3 rings (SSSR count). The molecule has 1 atom stereocenters. The van der Waals surface area contributed by atoms with Crippen molar-refractivity contribution in [3.05, 3.63) is 88.4 Å². The first-order valence-corrected chi connectivity index (χ1v) is 15.9. The lowest BCUT2D eigenvalue weighted by Crippen LogP contribution is -2.52. The molecule has 0 radical (unpaired) electrons. The first-order valence-electron chi connectivity index (χ1n) is 14.1. The van der Waals surface area contributed by atoms with Crippen molar-refractivity contribution >= 4 is 39.1 Å². The van der Waals surface area contributed by atoms with E-state index in [1.165, 1.54) is 17.0 Å². The molecule has 0 aliphatic heterocycles. The van der Waals surface area contributed by atoms with Crippen molar-refractivity contribution < 1.29 is 22.7 Å². The van der Waals surface area contributed by atoms with Crippen LogP contribution in [0.15, 0.2) is 71.6 Å². The van der Waals surface area contributed by atoms with Crippen molar-refractivity contribution in [2.24, 2.45) is 0 Å². The van der Waals surface area contributed by atoms with Crippen LogP contribution in [0.25, 0.3) is 0 Å². The minimum atomic E-state index is -4.16. The molecule has 3 aromatic rings. The van der Waals surface area contributed by atoms with Gasteiger partial charge in [0.05, 0.1) is 17.7 Å². The predicted molar refractivity (Wildman–Crippen MR) is 167 cm³/mol. The van der Waals surface area contributed by atoms with Gasteiger partial charge in [0.25, 0.3) is 10.0 Å². The summed E-state index contributed by atoms with van der Waals surface area (Å²) in [7, 11) is -2.59. The fourth-order valence-electron chi connectivity index (χ4n) is 4.60. The molecular formula is C32H40ClN3O5S. The van der Waals surface area contributed by atoms with Gasteiger partial charge < -0.3 is 15.0 Å². The van der Waals surface area contributed by atoms with Crippen LogP contribution in [0.4, 0.5) is 5.69 Å². The monoisotopic (exact) mass is 613 g/mol. The highest BCUT2D eigenvalue weighted by molar-refractivity contribution is 7.92. The molecule has 0 saturated heterocycles. The van der Waals surface area contributed by atoms with Crippen molar-refractivity contribution in [1.82, 2.24) is 10.2 Å². The molecular weight excluding hydrogens is 574 g/mol. The minimum absolute atomic E-state index is 0.0568. The highest BCUT2D eigenvalue weighted by Crippen LogP contribution is 2.30. The number of ether oxygens (including phenoxy) is 1. The number of hydrogen-bond acceptors (Lipinski definition) is 5. The van der Waals surface area contributed by atoms with Crippen molar-refractivity contribution in [2.75, 3.05) is 24.5 Å². The molecule has 8 nitrogen and oxygen atoms in total. The summed E-state index contributed by atoms with van der Waals surface area (Å²) in [5.41, 5.74) is 2.61. The topological polar surface area (TPSA) is 96.0 Å². The highest BCUT2D eigenvalue weighted by Gasteiger charge is 2.34. The van der Waals surface area contributed by atoms with Crippen LogP contribution in [0, 0.1) is 13.8 Å². The molecule has 2 amide bonds. The third-order valence-corrected chi connectivity index (χ3v) is 9.05. The first kappa shape index (κ1) is 32.9. The average molecular weight is 614 g/mol. The number of carbonyl (C=O) groups excluding carboxylic acids is 2. The SMILES string of the molecule is CCCCNC(=O)[C@H](CC)N(Cc1ccc(OC)cc1)C(=O)CN(c1ccc(Cl)cc1C)S(=O)(=O)c1ccc(C)cc1. The van der Waals surface area contributed by atoms with Gasteiger partial charge in [-0.05, 0) is 80.3 Å². The zero-order valence-corrected chi connectivity index (χ0v) is 26.5. The molecule has 0 unspecified atom stereocenters. The Hall–Kier alpha value is -3.56. The zero-order valence-electron chi connectivity index (χ0n) is 24.9. The fraction of sp³-hybridized carbons (Fsp3) is 0.375. The lowest BCUT2D eigenvalue weighted by Gasteiger charge is -2.33. The second-order valence-electron chi connectivity index (χ2n) is 10.2. The second-order valence-corrected chi connectivity index (χ2v) is 12.5. The van der Waals surface area contributed by atoms with E-state index in [9.17, 15) is 18.0 Å². The molecule has 0 fully saturated rings. The van der Waals surface area contributed by atoms with Crippen LogP contribution < -0.4 is 14.4 Å². The number of aryl methyl sites for hydroxylation is 2. The summed E-state index contributed by atoms with van der Waals surface area (Å²) < 4.78 is 34.5. The highest BCUT2D eigenvalue weighted by atomic mass is 35.5. The average Bonchev–Trinajstić information content (AvgIpc) is 2.96. The van der Waals surface area contributed by atoms with E-state index in [-0.39, 0.29) is 17.3 Å². The summed E-state index contributed by atoms with van der Waals surface area (Å²) in [4.78, 5) is 29.0. The van der Waals surface area contributed by atoms with E-state index in [2.05, 4.69) is 5.32 Å². The standard InChI is InChI=1S/C32H40ClN3O5S/c1-6-8-19-34-32(38)29(7-2)35(21-25-11-14-27(41-5)15-12-25)31(37)22-36(30-18-13-26(33)20-24(30)4)42(39,40)28-16-9-23(3)10-17-28/h9-18,20,29H,6-8,19,21-22H2,1-5H3,(H,34,38)/t29-/m0/s1. The van der Waals surface area contributed by atoms with Crippen LogP contribution in [-0.4, -0.2) is 51.4 Å². The number of carbonyl (C=O) groups is 2. The van der Waals surface area contributed by atoms with E-state index in [4.69, 9.17) is 16.3 Å². The van der Waals surface area contributed by atoms with Crippen LogP contribution >= 0.6 is 11.6 Å². The van der Waals surface area contributed by atoms with Crippen LogP contribution in [0.2, 0.25) is 5.02 Å². The number of amides is 2. The van der Waals surface area contributed by atoms with Crippen molar-refractivity contribution in [1.29, 1.82) is 0 Å². The largest absolute Gasteiger partial charge is 0.497 e. The summed E-state index contributed by atoms with van der Waals surface area (Å²) >= 11 is 6.19. The van der Waals surface area contributed by atoms with Gasteiger partial charge in [-0.25, -0.2) is 8.42 Å². The van der Waals surface area contributed by atoms with Gasteiger partial charge in [0.15, 0.2) is 0 Å². The number of nitrogens with one attached hydrogen (secondary N) is 1. The maximum atomic E-state index is 14.2. The van der Waals surface area contributed by atoms with Crippen LogP contribution in [-0.2, 0) is 26.2 Å². The van der Waals surface area contributed by atoms with Crippen LogP contribution in [0.5, 0.6) is 5.75 Å². The summed E-state index contributed by atoms with van der Waals surface area (Å²) in [5.74, 6) is -0.119. The van der Waals surface area contributed by atoms with E-state index < -0.39 is 28.5 Å². The number of anilines is 1. The number of sulfonamides is 1. The molecule has 0 spiro atoms. The van der Waals surface area contributed by atoms with Gasteiger partial charge in [0, 0.05) is 18.1 Å². The molecule has 10 heteroatoms. The lowest BCUT2D eigenvalue weighted by atomic mass is 10.1. The Morgan fingerprint density at radius 3 is 2.21 bits per heavy atom. The number of rotatable bonds is 14. The molecule has 0 bridgehead atoms. The second kappa shape index (κ2) is 15.1. The Balaban J connectivity index is 2.06. The van der Waals surface area contributed by atoms with E-state index in [0.717, 1.165) is 28.3 Å². The first-order chi connectivity index (χ1) is 20.0. The van der Waals surface area contributed by atoms with E-state index >= 15 is 0 Å². The van der Waals surface area contributed by atoms with Crippen LogP contribution in [0.1, 0.15) is 49.8 Å². The quantitative estimate of drug-likeness (QED) is 0.229. The smallest absolute Gasteiger partial charge is 0.264 e. The Bertz CT molecular complexity index is 1460. The summed E-state index contributed by atoms with van der Waals surface area (Å²) in [6.07, 6.45) is 2.08. The van der Waals surface area contributed by atoms with Crippen molar-refractivity contribution in [2.45, 2.75) is 64.4 Å². The van der Waals surface area contributed by atoms with E-state index in [1.54, 1.807) is 56.5 Å². The Morgan fingerprint density at radius 1 is 0.976 bits per heavy atom. The number of benzene rings is 3. The van der Waals surface area contributed by atoms with Crippen molar-refractivity contribution in [3.63, 3.8) is 0 Å². The van der Waals surface area contributed by atoms with Gasteiger partial charge in [-0.3, -0.25) is 13.9 Å². The van der Waals surface area contributed by atoms with Gasteiger partial charge >= 0.3 is 0 Å². The van der Waals surface area contributed by atoms with Gasteiger partial charge in [-0.15, -0.1) is 0 Å².